The highest BCUT2D eigenvalue weighted by Crippen LogP contribution is 2.19. The third-order valence-electron chi connectivity index (χ3n) is 3.00. The van der Waals surface area contributed by atoms with Gasteiger partial charge in [-0.2, -0.15) is 0 Å². The number of methoxy groups -OCH3 is 1. The molecule has 2 nitrogen and oxygen atoms in total. The summed E-state index contributed by atoms with van der Waals surface area (Å²) in [5.41, 5.74) is 1.84. The molecule has 0 bridgehead atoms. The van der Waals surface area contributed by atoms with Crippen molar-refractivity contribution in [3.8, 4) is 5.75 Å². The Hall–Kier alpha value is -1.87. The first-order valence-electron chi connectivity index (χ1n) is 6.23. The molecule has 19 heavy (non-hydrogen) atoms. The van der Waals surface area contributed by atoms with Crippen LogP contribution in [0.25, 0.3) is 0 Å². The molecular formula is C16H17FO2. The van der Waals surface area contributed by atoms with Crippen molar-refractivity contribution in [1.29, 1.82) is 0 Å². The molecule has 0 fully saturated rings. The lowest BCUT2D eigenvalue weighted by Crippen LogP contribution is -2.14. The fourth-order valence-corrected chi connectivity index (χ4v) is 2.07. The normalized spacial score (nSPS) is 12.2. The first-order chi connectivity index (χ1) is 9.19. The van der Waals surface area contributed by atoms with E-state index in [1.807, 2.05) is 30.3 Å². The number of benzene rings is 2. The lowest BCUT2D eigenvalue weighted by Gasteiger charge is -2.11. The SMILES string of the molecule is COc1ccc(CC(O)Cc2ccccc2)cc1F. The van der Waals surface area contributed by atoms with Gasteiger partial charge in [-0.15, -0.1) is 0 Å². The van der Waals surface area contributed by atoms with Gasteiger partial charge in [-0.05, 0) is 36.1 Å². The van der Waals surface area contributed by atoms with E-state index in [9.17, 15) is 9.50 Å². The Morgan fingerprint density at radius 2 is 1.74 bits per heavy atom. The van der Waals surface area contributed by atoms with E-state index < -0.39 is 11.9 Å². The maximum atomic E-state index is 13.5. The molecule has 0 radical (unpaired) electrons. The summed E-state index contributed by atoms with van der Waals surface area (Å²) in [6, 6.07) is 14.5. The molecule has 0 spiro atoms. The number of ether oxygens (including phenoxy) is 1. The van der Waals surface area contributed by atoms with Gasteiger partial charge in [-0.25, -0.2) is 4.39 Å². The topological polar surface area (TPSA) is 29.5 Å². The van der Waals surface area contributed by atoms with Gasteiger partial charge in [0.15, 0.2) is 11.6 Å². The van der Waals surface area contributed by atoms with Crippen LogP contribution in [-0.2, 0) is 12.8 Å². The number of rotatable bonds is 5. The molecule has 1 unspecified atom stereocenters. The molecule has 2 aromatic carbocycles. The third-order valence-corrected chi connectivity index (χ3v) is 3.00. The molecular weight excluding hydrogens is 243 g/mol. The average molecular weight is 260 g/mol. The second-order valence-electron chi connectivity index (χ2n) is 4.52. The second kappa shape index (κ2) is 6.34. The fraction of sp³-hybridized carbons (Fsp3) is 0.250. The van der Waals surface area contributed by atoms with Gasteiger partial charge in [0.2, 0.25) is 0 Å². The first kappa shape index (κ1) is 13.6. The van der Waals surface area contributed by atoms with Gasteiger partial charge in [0.05, 0.1) is 13.2 Å². The number of aliphatic hydroxyl groups excluding tert-OH is 1. The second-order valence-corrected chi connectivity index (χ2v) is 4.52. The summed E-state index contributed by atoms with van der Waals surface area (Å²) in [4.78, 5) is 0. The van der Waals surface area contributed by atoms with E-state index in [0.717, 1.165) is 11.1 Å². The van der Waals surface area contributed by atoms with Crippen molar-refractivity contribution < 1.29 is 14.2 Å². The van der Waals surface area contributed by atoms with E-state index in [4.69, 9.17) is 4.74 Å². The molecule has 2 aromatic rings. The Morgan fingerprint density at radius 1 is 1.05 bits per heavy atom. The van der Waals surface area contributed by atoms with Gasteiger partial charge in [0, 0.05) is 0 Å². The molecule has 0 heterocycles. The Bertz CT molecular complexity index is 526. The van der Waals surface area contributed by atoms with Crippen LogP contribution in [0.5, 0.6) is 5.75 Å². The van der Waals surface area contributed by atoms with Crippen molar-refractivity contribution in [2.24, 2.45) is 0 Å². The molecule has 100 valence electrons. The standard InChI is InChI=1S/C16H17FO2/c1-19-16-8-7-13(11-15(16)17)10-14(18)9-12-5-3-2-4-6-12/h2-8,11,14,18H,9-10H2,1H3. The largest absolute Gasteiger partial charge is 0.494 e. The number of halogens is 1. The van der Waals surface area contributed by atoms with Crippen LogP contribution in [0, 0.1) is 5.82 Å². The summed E-state index contributed by atoms with van der Waals surface area (Å²) in [5.74, 6) is -0.173. The summed E-state index contributed by atoms with van der Waals surface area (Å²) in [6.45, 7) is 0. The molecule has 3 heteroatoms. The van der Waals surface area contributed by atoms with Gasteiger partial charge in [0.25, 0.3) is 0 Å². The van der Waals surface area contributed by atoms with E-state index in [2.05, 4.69) is 0 Å². The highest BCUT2D eigenvalue weighted by molar-refractivity contribution is 5.29. The van der Waals surface area contributed by atoms with Crippen molar-refractivity contribution in [1.82, 2.24) is 0 Å². The van der Waals surface area contributed by atoms with Gasteiger partial charge in [0.1, 0.15) is 0 Å². The predicted molar refractivity (Wildman–Crippen MR) is 72.8 cm³/mol. The third kappa shape index (κ3) is 3.80. The van der Waals surface area contributed by atoms with Gasteiger partial charge < -0.3 is 9.84 Å². The minimum absolute atomic E-state index is 0.223. The van der Waals surface area contributed by atoms with Crippen molar-refractivity contribution in [2.75, 3.05) is 7.11 Å². The van der Waals surface area contributed by atoms with E-state index in [0.29, 0.717) is 12.8 Å². The zero-order valence-electron chi connectivity index (χ0n) is 10.8. The molecule has 0 aliphatic heterocycles. The maximum absolute atomic E-state index is 13.5. The molecule has 1 N–H and O–H groups in total. The zero-order valence-corrected chi connectivity index (χ0v) is 10.8. The van der Waals surface area contributed by atoms with Crippen molar-refractivity contribution >= 4 is 0 Å². The highest BCUT2D eigenvalue weighted by atomic mass is 19.1. The van der Waals surface area contributed by atoms with Crippen LogP contribution < -0.4 is 4.74 Å². The molecule has 1 atom stereocenters. The Kier molecular flexibility index (Phi) is 4.53. The Morgan fingerprint density at radius 3 is 2.37 bits per heavy atom. The Balaban J connectivity index is 1.99. The quantitative estimate of drug-likeness (QED) is 0.895. The molecule has 0 saturated heterocycles. The first-order valence-corrected chi connectivity index (χ1v) is 6.23. The van der Waals surface area contributed by atoms with Gasteiger partial charge >= 0.3 is 0 Å². The molecule has 2 rings (SSSR count). The minimum atomic E-state index is -0.518. The van der Waals surface area contributed by atoms with Gasteiger partial charge in [-0.1, -0.05) is 36.4 Å². The molecule has 0 saturated carbocycles. The summed E-state index contributed by atoms with van der Waals surface area (Å²) in [5, 5.41) is 10.0. The lowest BCUT2D eigenvalue weighted by atomic mass is 10.0. The summed E-state index contributed by atoms with van der Waals surface area (Å²) in [6.07, 6.45) is 0.472. The maximum Gasteiger partial charge on any atom is 0.165 e. The van der Waals surface area contributed by atoms with E-state index >= 15 is 0 Å². The molecule has 0 aliphatic carbocycles. The van der Waals surface area contributed by atoms with Crippen molar-refractivity contribution in [3.63, 3.8) is 0 Å². The minimum Gasteiger partial charge on any atom is -0.494 e. The molecule has 0 amide bonds. The lowest BCUT2D eigenvalue weighted by molar-refractivity contribution is 0.175. The monoisotopic (exact) mass is 260 g/mol. The zero-order chi connectivity index (χ0) is 13.7. The number of aliphatic hydroxyl groups is 1. The van der Waals surface area contributed by atoms with Crippen LogP contribution in [0.3, 0.4) is 0 Å². The van der Waals surface area contributed by atoms with Gasteiger partial charge in [-0.3, -0.25) is 0 Å². The highest BCUT2D eigenvalue weighted by Gasteiger charge is 2.09. The van der Waals surface area contributed by atoms with Crippen LogP contribution in [0.15, 0.2) is 48.5 Å². The fourth-order valence-electron chi connectivity index (χ4n) is 2.07. The summed E-state index contributed by atoms with van der Waals surface area (Å²) in [7, 11) is 1.43. The number of hydrogen-bond acceptors (Lipinski definition) is 2. The molecule has 0 aliphatic rings. The van der Waals surface area contributed by atoms with Crippen molar-refractivity contribution in [2.45, 2.75) is 18.9 Å². The van der Waals surface area contributed by atoms with Crippen molar-refractivity contribution in [3.05, 3.63) is 65.5 Å². The van der Waals surface area contributed by atoms with E-state index in [1.54, 1.807) is 12.1 Å². The van der Waals surface area contributed by atoms with Crippen LogP contribution >= 0.6 is 0 Å². The van der Waals surface area contributed by atoms with E-state index in [1.165, 1.54) is 13.2 Å². The van der Waals surface area contributed by atoms with Crippen LogP contribution in [-0.4, -0.2) is 18.3 Å². The van der Waals surface area contributed by atoms with Crippen LogP contribution in [0.2, 0.25) is 0 Å². The average Bonchev–Trinajstić information content (AvgIpc) is 2.40. The van der Waals surface area contributed by atoms with E-state index in [-0.39, 0.29) is 5.75 Å². The van der Waals surface area contributed by atoms with Crippen LogP contribution in [0.1, 0.15) is 11.1 Å². The summed E-state index contributed by atoms with van der Waals surface area (Å²) < 4.78 is 18.4. The predicted octanol–water partition coefficient (Wildman–Crippen LogP) is 2.98. The van der Waals surface area contributed by atoms with Crippen LogP contribution in [0.4, 0.5) is 4.39 Å². The smallest absolute Gasteiger partial charge is 0.165 e. The summed E-state index contributed by atoms with van der Waals surface area (Å²) >= 11 is 0. The Labute approximate surface area is 112 Å². The molecule has 0 aromatic heterocycles. The number of hydrogen-bond donors (Lipinski definition) is 1.